The van der Waals surface area contributed by atoms with Crippen LogP contribution in [-0.2, 0) is 19.0 Å². The van der Waals surface area contributed by atoms with Gasteiger partial charge in [-0.3, -0.25) is 4.79 Å². The summed E-state index contributed by atoms with van der Waals surface area (Å²) in [4.78, 5) is 27.6. The first-order chi connectivity index (χ1) is 22.3. The fourth-order valence-electron chi connectivity index (χ4n) is 5.41. The summed E-state index contributed by atoms with van der Waals surface area (Å²) >= 11 is 8.41. The average molecular weight is 695 g/mol. The van der Waals surface area contributed by atoms with Crippen LogP contribution in [0.3, 0.4) is 0 Å². The van der Waals surface area contributed by atoms with Crippen LogP contribution in [0.5, 0.6) is 0 Å². The van der Waals surface area contributed by atoms with Crippen molar-refractivity contribution < 1.29 is 22.4 Å². The zero-order valence-electron chi connectivity index (χ0n) is 25.7. The molecule has 0 spiro atoms. The van der Waals surface area contributed by atoms with Gasteiger partial charge in [0.15, 0.2) is 10.2 Å². The number of carbonyl (C=O) groups is 1. The van der Waals surface area contributed by atoms with Gasteiger partial charge in [0.1, 0.15) is 16.5 Å². The number of amides is 1. The molecule has 6 nitrogen and oxygen atoms in total. The number of aliphatic imine (C=N–C) groups is 1. The van der Waals surface area contributed by atoms with E-state index in [4.69, 9.17) is 21.0 Å². The van der Waals surface area contributed by atoms with E-state index in [9.17, 15) is 18.0 Å². The Morgan fingerprint density at radius 3 is 2.51 bits per heavy atom. The second kappa shape index (κ2) is 13.3. The highest BCUT2D eigenvalue weighted by atomic mass is 35.5. The number of fused-ring (bicyclic) bond motifs is 1. The van der Waals surface area contributed by atoms with Crippen molar-refractivity contribution in [3.8, 4) is 11.3 Å². The molecule has 3 aromatic heterocycles. The number of benzene rings is 2. The zero-order valence-corrected chi connectivity index (χ0v) is 28.1. The van der Waals surface area contributed by atoms with E-state index >= 15 is 0 Å². The van der Waals surface area contributed by atoms with E-state index < -0.39 is 11.9 Å². The summed E-state index contributed by atoms with van der Waals surface area (Å²) in [6.45, 7) is 6.72. The number of nitrogens with one attached hydrogen (secondary N) is 1. The lowest BCUT2D eigenvalue weighted by Crippen LogP contribution is -2.27. The molecule has 0 radical (unpaired) electrons. The molecule has 1 N–H and O–H groups in total. The third kappa shape index (κ3) is 7.80. The van der Waals surface area contributed by atoms with Gasteiger partial charge in [-0.25, -0.2) is 15.0 Å². The van der Waals surface area contributed by atoms with Crippen LogP contribution in [0.1, 0.15) is 59.4 Å². The van der Waals surface area contributed by atoms with Crippen molar-refractivity contribution in [3.05, 3.63) is 105 Å². The number of hydrogen-bond acceptors (Lipinski definition) is 7. The fraction of sp³-hybridized carbons (Fsp3) is 0.257. The molecule has 47 heavy (non-hydrogen) atoms. The minimum absolute atomic E-state index is 0.1000. The Hall–Kier alpha value is -3.93. The van der Waals surface area contributed by atoms with Crippen molar-refractivity contribution in [2.24, 2.45) is 16.3 Å². The molecule has 0 saturated heterocycles. The third-order valence-corrected chi connectivity index (χ3v) is 10.2. The van der Waals surface area contributed by atoms with Crippen LogP contribution in [0.25, 0.3) is 11.3 Å². The van der Waals surface area contributed by atoms with Gasteiger partial charge in [-0.1, -0.05) is 62.7 Å². The van der Waals surface area contributed by atoms with Crippen molar-refractivity contribution in [3.63, 3.8) is 0 Å². The normalized spacial score (nSPS) is 15.2. The smallest absolute Gasteiger partial charge is 0.433 e. The summed E-state index contributed by atoms with van der Waals surface area (Å²) in [6, 6.07) is 19.8. The summed E-state index contributed by atoms with van der Waals surface area (Å²) in [6.07, 6.45) is -0.517. The van der Waals surface area contributed by atoms with Gasteiger partial charge in [-0.2, -0.15) is 13.2 Å². The van der Waals surface area contributed by atoms with Crippen LogP contribution in [0.15, 0.2) is 92.5 Å². The number of hydrogen-bond donors (Lipinski definition) is 1. The Balaban J connectivity index is 1.27. The maximum absolute atomic E-state index is 13.7. The van der Waals surface area contributed by atoms with Crippen molar-refractivity contribution >= 4 is 57.5 Å². The number of halogens is 4. The van der Waals surface area contributed by atoms with E-state index in [-0.39, 0.29) is 22.2 Å². The van der Waals surface area contributed by atoms with E-state index in [0.29, 0.717) is 43.6 Å². The van der Waals surface area contributed by atoms with Gasteiger partial charge < -0.3 is 9.73 Å². The van der Waals surface area contributed by atoms with Gasteiger partial charge in [0.2, 0.25) is 0 Å². The molecule has 1 aliphatic rings. The Kier molecular flexibility index (Phi) is 9.33. The quantitative estimate of drug-likeness (QED) is 0.135. The average Bonchev–Trinajstić information content (AvgIpc) is 3.64. The number of furan rings is 1. The monoisotopic (exact) mass is 694 g/mol. The molecule has 6 rings (SSSR count). The third-order valence-electron chi connectivity index (χ3n) is 7.97. The topological polar surface area (TPSA) is 80.4 Å². The summed E-state index contributed by atoms with van der Waals surface area (Å²) in [5, 5.41) is 4.31. The number of carbonyl (C=O) groups excluding carboxylic acids is 1. The Morgan fingerprint density at radius 2 is 1.81 bits per heavy atom. The maximum atomic E-state index is 13.7. The van der Waals surface area contributed by atoms with Crippen LogP contribution in [0.4, 0.5) is 23.9 Å². The van der Waals surface area contributed by atoms with E-state index in [0.717, 1.165) is 47.5 Å². The molecular formula is C35H30ClF3N4O2S2. The SMILES string of the molecule is CC(C)(C)[C@@H]1CCc2c(sc(N=Cc3ccc(Sc4nc(-c5ccccc5)cc(C(F)(F)F)n4)o3)c2C(=O)Nc2ccc(Cl)cc2)C1. The van der Waals surface area contributed by atoms with E-state index in [1.54, 1.807) is 66.7 Å². The molecule has 1 atom stereocenters. The number of aromatic nitrogens is 2. The minimum Gasteiger partial charge on any atom is -0.448 e. The van der Waals surface area contributed by atoms with Crippen LogP contribution in [0.2, 0.25) is 5.02 Å². The second-order valence-corrected chi connectivity index (χ2v) is 14.7. The molecule has 242 valence electrons. The van der Waals surface area contributed by atoms with Gasteiger partial charge in [0, 0.05) is 21.2 Å². The molecular weight excluding hydrogens is 665 g/mol. The number of rotatable bonds is 7. The number of alkyl halides is 3. The highest BCUT2D eigenvalue weighted by Gasteiger charge is 2.35. The van der Waals surface area contributed by atoms with Crippen molar-refractivity contribution in [1.29, 1.82) is 0 Å². The lowest BCUT2D eigenvalue weighted by atomic mass is 9.72. The van der Waals surface area contributed by atoms with Crippen LogP contribution in [0, 0.1) is 11.3 Å². The first-order valence-corrected chi connectivity index (χ1v) is 16.9. The standard InChI is InChI=1S/C35H30ClF3N4O2S2/c1-34(2,3)21-9-15-25-27(17-21)46-32(30(25)31(44)41-23-12-10-22(36)11-13-23)40-19-24-14-16-29(45-24)47-33-42-26(20-7-5-4-6-8-20)18-28(43-33)35(37,38)39/h4-8,10-14,16,18-19,21H,9,15,17H2,1-3H3,(H,41,44)/t21-/m1/s1. The molecule has 0 fully saturated rings. The first-order valence-electron chi connectivity index (χ1n) is 14.9. The van der Waals surface area contributed by atoms with Gasteiger partial charge in [-0.05, 0) is 90.4 Å². The minimum atomic E-state index is -4.65. The van der Waals surface area contributed by atoms with Crippen molar-refractivity contribution in [2.45, 2.75) is 56.5 Å². The molecule has 0 aliphatic heterocycles. The number of thiophene rings is 1. The van der Waals surface area contributed by atoms with Gasteiger partial charge in [0.25, 0.3) is 5.91 Å². The van der Waals surface area contributed by atoms with Crippen LogP contribution in [-0.4, -0.2) is 22.1 Å². The van der Waals surface area contributed by atoms with E-state index in [1.165, 1.54) is 17.6 Å². The Morgan fingerprint density at radius 1 is 1.06 bits per heavy atom. The summed E-state index contributed by atoms with van der Waals surface area (Å²) in [5.74, 6) is 0.589. The number of anilines is 1. The lowest BCUT2D eigenvalue weighted by molar-refractivity contribution is -0.141. The molecule has 0 bridgehead atoms. The maximum Gasteiger partial charge on any atom is 0.433 e. The molecule has 1 aliphatic carbocycles. The predicted octanol–water partition coefficient (Wildman–Crippen LogP) is 10.8. The first kappa shape index (κ1) is 33.0. The zero-order chi connectivity index (χ0) is 33.3. The van der Waals surface area contributed by atoms with Crippen molar-refractivity contribution in [1.82, 2.24) is 9.97 Å². The fourth-order valence-corrected chi connectivity index (χ4v) is 7.54. The van der Waals surface area contributed by atoms with E-state index in [2.05, 4.69) is 36.1 Å². The molecule has 5 aromatic rings. The van der Waals surface area contributed by atoms with Crippen LogP contribution < -0.4 is 5.32 Å². The summed E-state index contributed by atoms with van der Waals surface area (Å²) in [7, 11) is 0. The number of nitrogens with zero attached hydrogens (tertiary/aromatic N) is 3. The molecule has 2 aromatic carbocycles. The van der Waals surface area contributed by atoms with E-state index in [1.807, 2.05) is 0 Å². The predicted molar refractivity (Wildman–Crippen MR) is 181 cm³/mol. The Bertz CT molecular complexity index is 1930. The Labute approximate surface area is 283 Å². The molecule has 1 amide bonds. The van der Waals surface area contributed by atoms with Crippen molar-refractivity contribution in [2.75, 3.05) is 5.32 Å². The van der Waals surface area contributed by atoms with Gasteiger partial charge >= 0.3 is 6.18 Å². The van der Waals surface area contributed by atoms with Gasteiger partial charge in [-0.15, -0.1) is 11.3 Å². The highest BCUT2D eigenvalue weighted by molar-refractivity contribution is 7.99. The van der Waals surface area contributed by atoms with Crippen LogP contribution >= 0.6 is 34.7 Å². The van der Waals surface area contributed by atoms with Gasteiger partial charge in [0.05, 0.1) is 17.5 Å². The highest BCUT2D eigenvalue weighted by Crippen LogP contribution is 2.45. The molecule has 12 heteroatoms. The summed E-state index contributed by atoms with van der Waals surface area (Å²) in [5.41, 5.74) is 1.96. The second-order valence-electron chi connectivity index (χ2n) is 12.3. The molecule has 3 heterocycles. The molecule has 0 saturated carbocycles. The lowest BCUT2D eigenvalue weighted by Gasteiger charge is -2.33. The summed E-state index contributed by atoms with van der Waals surface area (Å²) < 4.78 is 47.0. The molecule has 0 unspecified atom stereocenters. The largest absolute Gasteiger partial charge is 0.448 e.